The van der Waals surface area contributed by atoms with Gasteiger partial charge in [0.25, 0.3) is 5.91 Å². The van der Waals surface area contributed by atoms with Crippen molar-refractivity contribution < 1.29 is 18.7 Å². The molecule has 0 aliphatic carbocycles. The van der Waals surface area contributed by atoms with E-state index in [1.807, 2.05) is 0 Å². The Balaban J connectivity index is 1.82. The Bertz CT molecular complexity index is 932. The van der Waals surface area contributed by atoms with Crippen molar-refractivity contribution in [1.82, 2.24) is 4.98 Å². The monoisotopic (exact) mass is 416 g/mol. The predicted molar refractivity (Wildman–Crippen MR) is 99.4 cm³/mol. The summed E-state index contributed by atoms with van der Waals surface area (Å²) in [5.41, 5.74) is 0.536. The van der Waals surface area contributed by atoms with E-state index in [0.717, 1.165) is 6.07 Å². The van der Waals surface area contributed by atoms with Crippen molar-refractivity contribution in [3.8, 4) is 17.4 Å². The molecule has 0 aliphatic rings. The van der Waals surface area contributed by atoms with Crippen molar-refractivity contribution in [2.75, 3.05) is 12.4 Å². The van der Waals surface area contributed by atoms with Gasteiger partial charge >= 0.3 is 0 Å². The summed E-state index contributed by atoms with van der Waals surface area (Å²) in [7, 11) is 1.58. The van der Waals surface area contributed by atoms with Crippen molar-refractivity contribution in [3.63, 3.8) is 0 Å². The summed E-state index contributed by atoms with van der Waals surface area (Å²) in [6.45, 7) is 0. The summed E-state index contributed by atoms with van der Waals surface area (Å²) < 4.78 is 24.7. The number of rotatable bonds is 5. The highest BCUT2D eigenvalue weighted by Crippen LogP contribution is 2.29. The summed E-state index contributed by atoms with van der Waals surface area (Å²) in [6.07, 6.45) is 1.55. The van der Waals surface area contributed by atoms with Crippen molar-refractivity contribution in [1.29, 1.82) is 0 Å². The number of amides is 1. The Morgan fingerprint density at radius 2 is 1.85 bits per heavy atom. The maximum atomic E-state index is 13.4. The minimum Gasteiger partial charge on any atom is -0.497 e. The highest BCUT2D eigenvalue weighted by atomic mass is 79.9. The first kappa shape index (κ1) is 17.9. The fourth-order valence-corrected chi connectivity index (χ4v) is 2.61. The van der Waals surface area contributed by atoms with Crippen LogP contribution in [0, 0.1) is 5.82 Å². The van der Waals surface area contributed by atoms with E-state index in [4.69, 9.17) is 9.47 Å². The maximum absolute atomic E-state index is 13.4. The minimum atomic E-state index is -0.501. The predicted octanol–water partition coefficient (Wildman–Crippen LogP) is 5.04. The van der Waals surface area contributed by atoms with E-state index in [1.165, 1.54) is 12.1 Å². The van der Waals surface area contributed by atoms with E-state index in [2.05, 4.69) is 26.2 Å². The molecule has 0 atom stereocenters. The van der Waals surface area contributed by atoms with Crippen LogP contribution >= 0.6 is 15.9 Å². The first-order valence-electron chi connectivity index (χ1n) is 7.60. The minimum absolute atomic E-state index is 0.171. The van der Waals surface area contributed by atoms with E-state index in [0.29, 0.717) is 21.7 Å². The van der Waals surface area contributed by atoms with Gasteiger partial charge in [0.2, 0.25) is 5.88 Å². The topological polar surface area (TPSA) is 60.5 Å². The SMILES string of the molecule is COc1ccc(Oc2ncccc2NC(=O)c2cc(F)ccc2Br)cc1. The van der Waals surface area contributed by atoms with Crippen LogP contribution in [0.4, 0.5) is 10.1 Å². The fourth-order valence-electron chi connectivity index (χ4n) is 2.18. The fraction of sp³-hybridized carbons (Fsp3) is 0.0526. The number of nitrogens with one attached hydrogen (secondary N) is 1. The first-order chi connectivity index (χ1) is 12.6. The van der Waals surface area contributed by atoms with Crippen molar-refractivity contribution in [2.45, 2.75) is 0 Å². The Hall–Kier alpha value is -2.93. The molecule has 7 heteroatoms. The molecule has 0 saturated carbocycles. The summed E-state index contributed by atoms with van der Waals surface area (Å²) in [6, 6.07) is 14.2. The quantitative estimate of drug-likeness (QED) is 0.632. The van der Waals surface area contributed by atoms with Gasteiger partial charge in [-0.1, -0.05) is 0 Å². The van der Waals surface area contributed by atoms with E-state index in [-0.39, 0.29) is 11.4 Å². The smallest absolute Gasteiger partial charge is 0.257 e. The molecule has 5 nitrogen and oxygen atoms in total. The Morgan fingerprint density at radius 3 is 2.58 bits per heavy atom. The van der Waals surface area contributed by atoms with Gasteiger partial charge in [0.1, 0.15) is 23.0 Å². The zero-order chi connectivity index (χ0) is 18.5. The molecule has 0 saturated heterocycles. The molecule has 3 aromatic rings. The molecule has 3 rings (SSSR count). The van der Waals surface area contributed by atoms with Crippen LogP contribution in [0.2, 0.25) is 0 Å². The lowest BCUT2D eigenvalue weighted by Crippen LogP contribution is -2.14. The number of anilines is 1. The second-order valence-electron chi connectivity index (χ2n) is 5.21. The molecule has 1 amide bonds. The number of hydrogen-bond donors (Lipinski definition) is 1. The highest BCUT2D eigenvalue weighted by Gasteiger charge is 2.15. The molecule has 132 valence electrons. The molecule has 0 radical (unpaired) electrons. The van der Waals surface area contributed by atoms with Crippen LogP contribution < -0.4 is 14.8 Å². The van der Waals surface area contributed by atoms with Crippen LogP contribution in [0.15, 0.2) is 65.3 Å². The third-order valence-electron chi connectivity index (χ3n) is 3.47. The molecule has 0 aliphatic heterocycles. The van der Waals surface area contributed by atoms with Gasteiger partial charge in [-0.05, 0) is 70.5 Å². The molecule has 26 heavy (non-hydrogen) atoms. The molecule has 1 N–H and O–H groups in total. The zero-order valence-corrected chi connectivity index (χ0v) is 15.3. The second kappa shape index (κ2) is 7.97. The van der Waals surface area contributed by atoms with Gasteiger partial charge in [-0.2, -0.15) is 0 Å². The summed E-state index contributed by atoms with van der Waals surface area (Å²) in [4.78, 5) is 16.6. The third-order valence-corrected chi connectivity index (χ3v) is 4.16. The van der Waals surface area contributed by atoms with Crippen LogP contribution in [0.1, 0.15) is 10.4 Å². The van der Waals surface area contributed by atoms with Gasteiger partial charge < -0.3 is 14.8 Å². The van der Waals surface area contributed by atoms with Crippen LogP contribution in [-0.2, 0) is 0 Å². The van der Waals surface area contributed by atoms with Crippen molar-refractivity contribution in [3.05, 3.63) is 76.6 Å². The Kier molecular flexibility index (Phi) is 5.48. The molecular formula is C19H14BrFN2O3. The van der Waals surface area contributed by atoms with Gasteiger partial charge in [-0.15, -0.1) is 0 Å². The zero-order valence-electron chi connectivity index (χ0n) is 13.7. The van der Waals surface area contributed by atoms with E-state index < -0.39 is 11.7 Å². The Labute approximate surface area is 157 Å². The average Bonchev–Trinajstić information content (AvgIpc) is 2.66. The molecule has 0 unspecified atom stereocenters. The van der Waals surface area contributed by atoms with E-state index >= 15 is 0 Å². The third kappa shape index (κ3) is 4.18. The molecule has 0 bridgehead atoms. The lowest BCUT2D eigenvalue weighted by molar-refractivity contribution is 0.102. The number of benzene rings is 2. The lowest BCUT2D eigenvalue weighted by atomic mass is 10.2. The number of halogens is 2. The van der Waals surface area contributed by atoms with Gasteiger partial charge in [-0.25, -0.2) is 9.37 Å². The number of hydrogen-bond acceptors (Lipinski definition) is 4. The average molecular weight is 417 g/mol. The second-order valence-corrected chi connectivity index (χ2v) is 6.07. The standard InChI is InChI=1S/C19H14BrFN2O3/c1-25-13-5-7-14(8-6-13)26-19-17(3-2-10-22-19)23-18(24)15-11-12(21)4-9-16(15)20/h2-11H,1H3,(H,23,24). The molecule has 0 spiro atoms. The highest BCUT2D eigenvalue weighted by molar-refractivity contribution is 9.10. The molecular weight excluding hydrogens is 403 g/mol. The van der Waals surface area contributed by atoms with Gasteiger partial charge in [0.05, 0.1) is 12.7 Å². The summed E-state index contributed by atoms with van der Waals surface area (Å²) in [5, 5.41) is 2.69. The molecule has 1 heterocycles. The number of pyridine rings is 1. The summed E-state index contributed by atoms with van der Waals surface area (Å²) in [5.74, 6) is 0.469. The van der Waals surface area contributed by atoms with Crippen molar-refractivity contribution >= 4 is 27.5 Å². The van der Waals surface area contributed by atoms with Crippen LogP contribution in [0.3, 0.4) is 0 Å². The number of nitrogens with zero attached hydrogens (tertiary/aromatic N) is 1. The van der Waals surface area contributed by atoms with E-state index in [1.54, 1.807) is 49.7 Å². The molecule has 0 fully saturated rings. The van der Waals surface area contributed by atoms with Crippen molar-refractivity contribution in [2.24, 2.45) is 0 Å². The molecule has 2 aromatic carbocycles. The Morgan fingerprint density at radius 1 is 1.12 bits per heavy atom. The number of ether oxygens (including phenoxy) is 2. The van der Waals surface area contributed by atoms with Crippen LogP contribution in [0.5, 0.6) is 17.4 Å². The van der Waals surface area contributed by atoms with Crippen LogP contribution in [-0.4, -0.2) is 18.0 Å². The summed E-state index contributed by atoms with van der Waals surface area (Å²) >= 11 is 3.24. The number of aromatic nitrogens is 1. The number of carbonyl (C=O) groups excluding carboxylic acids is 1. The van der Waals surface area contributed by atoms with Gasteiger partial charge in [0.15, 0.2) is 0 Å². The number of carbonyl (C=O) groups is 1. The lowest BCUT2D eigenvalue weighted by Gasteiger charge is -2.12. The number of methoxy groups -OCH3 is 1. The van der Waals surface area contributed by atoms with E-state index in [9.17, 15) is 9.18 Å². The van der Waals surface area contributed by atoms with Gasteiger partial charge in [0, 0.05) is 10.7 Å². The van der Waals surface area contributed by atoms with Crippen LogP contribution in [0.25, 0.3) is 0 Å². The maximum Gasteiger partial charge on any atom is 0.257 e. The normalized spacial score (nSPS) is 10.3. The molecule has 1 aromatic heterocycles. The van der Waals surface area contributed by atoms with Gasteiger partial charge in [-0.3, -0.25) is 4.79 Å². The first-order valence-corrected chi connectivity index (χ1v) is 8.39. The largest absolute Gasteiger partial charge is 0.497 e.